The van der Waals surface area contributed by atoms with E-state index in [2.05, 4.69) is 32.7 Å². The zero-order valence-corrected chi connectivity index (χ0v) is 23.5. The first-order valence-corrected chi connectivity index (χ1v) is 14.7. The van der Waals surface area contributed by atoms with Gasteiger partial charge in [0.1, 0.15) is 11.4 Å². The van der Waals surface area contributed by atoms with E-state index in [-0.39, 0.29) is 11.9 Å². The van der Waals surface area contributed by atoms with Crippen molar-refractivity contribution in [3.05, 3.63) is 115 Å². The Bertz CT molecular complexity index is 1590. The highest BCUT2D eigenvalue weighted by Gasteiger charge is 2.38. The molecule has 6 rings (SSSR count). The number of nitrogens with zero attached hydrogens (tertiary/aromatic N) is 2. The molecule has 1 saturated carbocycles. The molecule has 0 saturated heterocycles. The highest BCUT2D eigenvalue weighted by atomic mass is 16.2. The van der Waals surface area contributed by atoms with Crippen molar-refractivity contribution in [2.24, 2.45) is 5.92 Å². The molecule has 2 atom stereocenters. The minimum absolute atomic E-state index is 0.0593. The Morgan fingerprint density at radius 3 is 2.51 bits per heavy atom. The molecule has 208 valence electrons. The van der Waals surface area contributed by atoms with Crippen LogP contribution in [0.3, 0.4) is 0 Å². The Morgan fingerprint density at radius 2 is 1.71 bits per heavy atom. The van der Waals surface area contributed by atoms with Gasteiger partial charge in [-0.15, -0.1) is 0 Å². The molecule has 3 N–H and O–H groups in total. The molecule has 41 heavy (non-hydrogen) atoms. The number of benzene rings is 2. The van der Waals surface area contributed by atoms with Crippen LogP contribution < -0.4 is 10.6 Å². The van der Waals surface area contributed by atoms with E-state index in [0.29, 0.717) is 18.2 Å². The van der Waals surface area contributed by atoms with Crippen LogP contribution in [0.4, 0.5) is 5.82 Å². The number of nitrogens with one attached hydrogen (secondary N) is 3. The average molecular weight is 544 g/mol. The number of carbonyl (C=O) groups excluding carboxylic acids is 1. The second-order valence-electron chi connectivity index (χ2n) is 11.4. The summed E-state index contributed by atoms with van der Waals surface area (Å²) in [5.41, 5.74) is 3.98. The molecule has 2 aromatic carbocycles. The number of anilines is 1. The molecule has 3 aromatic heterocycles. The number of pyridine rings is 2. The van der Waals surface area contributed by atoms with Gasteiger partial charge in [-0.05, 0) is 61.6 Å². The van der Waals surface area contributed by atoms with Gasteiger partial charge in [0.15, 0.2) is 0 Å². The van der Waals surface area contributed by atoms with E-state index in [4.69, 9.17) is 4.98 Å². The van der Waals surface area contributed by atoms with Crippen molar-refractivity contribution in [2.45, 2.75) is 57.0 Å². The Hall–Kier alpha value is -4.45. The van der Waals surface area contributed by atoms with Crippen LogP contribution in [0.1, 0.15) is 56.3 Å². The molecule has 1 fully saturated rings. The Kier molecular flexibility index (Phi) is 7.81. The third-order valence-electron chi connectivity index (χ3n) is 8.36. The van der Waals surface area contributed by atoms with Gasteiger partial charge >= 0.3 is 0 Å². The van der Waals surface area contributed by atoms with E-state index < -0.39 is 5.54 Å². The lowest BCUT2D eigenvalue weighted by Crippen LogP contribution is -2.53. The minimum Gasteiger partial charge on any atom is -0.361 e. The van der Waals surface area contributed by atoms with Crippen molar-refractivity contribution >= 4 is 22.6 Å². The summed E-state index contributed by atoms with van der Waals surface area (Å²) in [7, 11) is 0. The lowest BCUT2D eigenvalue weighted by molar-refractivity contribution is -0.126. The lowest BCUT2D eigenvalue weighted by Gasteiger charge is -2.36. The molecule has 6 heteroatoms. The molecule has 1 aliphatic rings. The fourth-order valence-electron chi connectivity index (χ4n) is 6.16. The first-order chi connectivity index (χ1) is 20.1. The number of hydrogen-bond donors (Lipinski definition) is 3. The lowest BCUT2D eigenvalue weighted by atomic mass is 9.81. The molecule has 5 aromatic rings. The van der Waals surface area contributed by atoms with Crippen LogP contribution in [0.2, 0.25) is 0 Å². The van der Waals surface area contributed by atoms with E-state index >= 15 is 0 Å². The molecule has 1 aliphatic carbocycles. The van der Waals surface area contributed by atoms with E-state index in [1.165, 1.54) is 19.3 Å². The van der Waals surface area contributed by atoms with Crippen LogP contribution in [0, 0.1) is 5.92 Å². The fourth-order valence-corrected chi connectivity index (χ4v) is 6.16. The van der Waals surface area contributed by atoms with Crippen LogP contribution in [0.5, 0.6) is 0 Å². The number of H-pyrrole nitrogens is 1. The Morgan fingerprint density at radius 1 is 0.927 bits per heavy atom. The van der Waals surface area contributed by atoms with Crippen LogP contribution in [-0.2, 0) is 11.2 Å². The standard InChI is InChI=1S/C35H37N5O/c1-35(23-27-24-37-30-18-9-8-17-28(27)30,40-32-21-12-20-29(38-32)25-13-4-2-5-14-25)34(41)39-33(26-15-6-3-7-16-26)31-19-10-11-22-36-31/h2,4-5,8-14,17-22,24,26,33,37H,3,6-7,15-16,23H2,1H3,(H,38,40)(H,39,41). The zero-order valence-electron chi connectivity index (χ0n) is 23.5. The number of carbonyl (C=O) groups is 1. The maximum atomic E-state index is 14.5. The third-order valence-corrected chi connectivity index (χ3v) is 8.36. The van der Waals surface area contributed by atoms with Gasteiger partial charge in [-0.2, -0.15) is 0 Å². The number of aromatic amines is 1. The first-order valence-electron chi connectivity index (χ1n) is 14.7. The molecular weight excluding hydrogens is 506 g/mol. The number of para-hydroxylation sites is 1. The summed E-state index contributed by atoms with van der Waals surface area (Å²) in [6.07, 6.45) is 10.1. The smallest absolute Gasteiger partial charge is 0.246 e. The Balaban J connectivity index is 1.35. The third kappa shape index (κ3) is 6.02. The molecule has 0 aliphatic heterocycles. The van der Waals surface area contributed by atoms with Gasteiger partial charge in [-0.1, -0.05) is 79.9 Å². The SMILES string of the molecule is CC(Cc1c[nH]c2ccccc12)(Nc1cccc(-c2ccccc2)n1)C(=O)NC(c1ccccn1)C1CCCCC1. The summed E-state index contributed by atoms with van der Waals surface area (Å²) in [5.74, 6) is 0.964. The van der Waals surface area contributed by atoms with Gasteiger partial charge in [0.2, 0.25) is 5.91 Å². The van der Waals surface area contributed by atoms with Gasteiger partial charge in [-0.3, -0.25) is 9.78 Å². The zero-order chi connectivity index (χ0) is 28.1. The number of fused-ring (bicyclic) bond motifs is 1. The van der Waals surface area contributed by atoms with Crippen LogP contribution in [0.15, 0.2) is 103 Å². The van der Waals surface area contributed by atoms with Gasteiger partial charge < -0.3 is 15.6 Å². The fraction of sp³-hybridized carbons (Fsp3) is 0.286. The van der Waals surface area contributed by atoms with E-state index in [1.54, 1.807) is 0 Å². The molecule has 1 amide bonds. The highest BCUT2D eigenvalue weighted by Crippen LogP contribution is 2.35. The van der Waals surface area contributed by atoms with E-state index in [9.17, 15) is 4.79 Å². The second kappa shape index (κ2) is 12.0. The molecule has 2 unspecified atom stereocenters. The van der Waals surface area contributed by atoms with Gasteiger partial charge in [0.25, 0.3) is 0 Å². The largest absolute Gasteiger partial charge is 0.361 e. The van der Waals surface area contributed by atoms with Crippen molar-refractivity contribution in [1.82, 2.24) is 20.3 Å². The first kappa shape index (κ1) is 26.8. The van der Waals surface area contributed by atoms with Gasteiger partial charge in [0, 0.05) is 35.3 Å². The molecule has 0 bridgehead atoms. The summed E-state index contributed by atoms with van der Waals surface area (Å²) >= 11 is 0. The van der Waals surface area contributed by atoms with Crippen molar-refractivity contribution < 1.29 is 4.79 Å². The summed E-state index contributed by atoms with van der Waals surface area (Å²) < 4.78 is 0. The summed E-state index contributed by atoms with van der Waals surface area (Å²) in [4.78, 5) is 27.5. The second-order valence-corrected chi connectivity index (χ2v) is 11.4. The average Bonchev–Trinajstić information content (AvgIpc) is 3.43. The molecule has 0 spiro atoms. The van der Waals surface area contributed by atoms with Crippen molar-refractivity contribution in [3.8, 4) is 11.3 Å². The van der Waals surface area contributed by atoms with Gasteiger partial charge in [-0.25, -0.2) is 4.98 Å². The van der Waals surface area contributed by atoms with Crippen LogP contribution >= 0.6 is 0 Å². The monoisotopic (exact) mass is 543 g/mol. The van der Waals surface area contributed by atoms with Crippen molar-refractivity contribution in [2.75, 3.05) is 5.32 Å². The molecule has 6 nitrogen and oxygen atoms in total. The predicted molar refractivity (Wildman–Crippen MR) is 165 cm³/mol. The van der Waals surface area contributed by atoms with Crippen LogP contribution in [-0.4, -0.2) is 26.4 Å². The number of amides is 1. The number of hydrogen-bond acceptors (Lipinski definition) is 4. The number of aromatic nitrogens is 3. The summed E-state index contributed by atoms with van der Waals surface area (Å²) in [6.45, 7) is 1.98. The molecule has 0 radical (unpaired) electrons. The topological polar surface area (TPSA) is 82.7 Å². The number of rotatable bonds is 9. The maximum Gasteiger partial charge on any atom is 0.246 e. The van der Waals surface area contributed by atoms with Crippen molar-refractivity contribution in [1.29, 1.82) is 0 Å². The minimum atomic E-state index is -0.977. The highest BCUT2D eigenvalue weighted by molar-refractivity contribution is 5.91. The quantitative estimate of drug-likeness (QED) is 0.180. The van der Waals surface area contributed by atoms with E-state index in [1.807, 2.05) is 98.2 Å². The molecule has 3 heterocycles. The maximum absolute atomic E-state index is 14.5. The Labute approximate surface area is 241 Å². The predicted octanol–water partition coefficient (Wildman–Crippen LogP) is 7.48. The summed E-state index contributed by atoms with van der Waals surface area (Å²) in [6, 6.07) is 30.1. The van der Waals surface area contributed by atoms with E-state index in [0.717, 1.165) is 46.3 Å². The normalized spacial score (nSPS) is 16.1. The molecular formula is C35H37N5O. The summed E-state index contributed by atoms with van der Waals surface area (Å²) in [5, 5.41) is 8.16. The van der Waals surface area contributed by atoms with Crippen LogP contribution in [0.25, 0.3) is 22.2 Å². The van der Waals surface area contributed by atoms with Gasteiger partial charge in [0.05, 0.1) is 17.4 Å². The van der Waals surface area contributed by atoms with Crippen molar-refractivity contribution in [3.63, 3.8) is 0 Å².